The van der Waals surface area contributed by atoms with Crippen molar-refractivity contribution in [2.75, 3.05) is 5.88 Å². The Morgan fingerprint density at radius 3 is 2.62 bits per heavy atom. The topological polar surface area (TPSA) is 70.4 Å². The van der Waals surface area contributed by atoms with E-state index in [1.807, 2.05) is 0 Å². The minimum absolute atomic E-state index is 0.0881. The second-order valence-corrected chi connectivity index (χ2v) is 3.90. The maximum absolute atomic E-state index is 11.0. The predicted molar refractivity (Wildman–Crippen MR) is 60.5 cm³/mol. The molecule has 2 N–H and O–H groups in total. The number of hydrogen-bond donors (Lipinski definition) is 2. The summed E-state index contributed by atoms with van der Waals surface area (Å²) < 4.78 is 0. The van der Waals surface area contributed by atoms with Crippen LogP contribution in [0.5, 0.6) is 0 Å². The van der Waals surface area contributed by atoms with E-state index in [1.54, 1.807) is 6.07 Å². The molecular weight excluding hydrogens is 230 g/mol. The molecule has 0 aliphatic heterocycles. The highest BCUT2D eigenvalue weighted by molar-refractivity contribution is 6.17. The Kier molecular flexibility index (Phi) is 4.86. The fourth-order valence-corrected chi connectivity index (χ4v) is 1.48. The van der Waals surface area contributed by atoms with E-state index in [0.29, 0.717) is 17.7 Å². The first-order chi connectivity index (χ1) is 7.56. The van der Waals surface area contributed by atoms with Crippen molar-refractivity contribution in [1.29, 1.82) is 0 Å². The zero-order valence-electron chi connectivity index (χ0n) is 8.93. The van der Waals surface area contributed by atoms with Crippen molar-refractivity contribution in [3.05, 3.63) is 29.6 Å². The van der Waals surface area contributed by atoms with E-state index in [1.165, 1.54) is 19.2 Å². The first-order valence-corrected chi connectivity index (χ1v) is 5.48. The molecule has 0 aromatic carbocycles. The summed E-state index contributed by atoms with van der Waals surface area (Å²) in [6, 6.07) is 3.10. The maximum Gasteiger partial charge on any atom is 0.161 e. The van der Waals surface area contributed by atoms with Crippen LogP contribution in [0.3, 0.4) is 0 Å². The van der Waals surface area contributed by atoms with E-state index < -0.39 is 12.2 Å². The van der Waals surface area contributed by atoms with Crippen LogP contribution in [0, 0.1) is 0 Å². The van der Waals surface area contributed by atoms with Gasteiger partial charge < -0.3 is 10.2 Å². The summed E-state index contributed by atoms with van der Waals surface area (Å²) in [6.07, 6.45) is -0.333. The number of hydrogen-bond acceptors (Lipinski definition) is 4. The third kappa shape index (κ3) is 3.27. The van der Waals surface area contributed by atoms with Crippen molar-refractivity contribution in [2.24, 2.45) is 0 Å². The van der Waals surface area contributed by atoms with Gasteiger partial charge in [0.2, 0.25) is 0 Å². The van der Waals surface area contributed by atoms with Crippen LogP contribution in [0.25, 0.3) is 0 Å². The molecule has 0 aliphatic carbocycles. The predicted octanol–water partition coefficient (Wildman–Crippen LogP) is 1.31. The first-order valence-electron chi connectivity index (χ1n) is 4.95. The van der Waals surface area contributed by atoms with Gasteiger partial charge in [-0.1, -0.05) is 0 Å². The highest BCUT2D eigenvalue weighted by Crippen LogP contribution is 2.17. The molecular formula is C11H14ClNO3. The van der Waals surface area contributed by atoms with Gasteiger partial charge in [0.25, 0.3) is 0 Å². The molecule has 0 amide bonds. The average Bonchev–Trinajstić information content (AvgIpc) is 2.28. The Balaban J connectivity index is 2.77. The summed E-state index contributed by atoms with van der Waals surface area (Å²) in [7, 11) is 0. The normalized spacial score (nSPS) is 14.5. The Hall–Kier alpha value is -0.970. The monoisotopic (exact) mass is 243 g/mol. The molecule has 1 heterocycles. The van der Waals surface area contributed by atoms with Gasteiger partial charge >= 0.3 is 0 Å². The minimum atomic E-state index is -1.07. The van der Waals surface area contributed by atoms with E-state index in [2.05, 4.69) is 4.98 Å². The van der Waals surface area contributed by atoms with E-state index in [9.17, 15) is 15.0 Å². The third-order valence-electron chi connectivity index (χ3n) is 2.27. The van der Waals surface area contributed by atoms with Crippen LogP contribution < -0.4 is 0 Å². The summed E-state index contributed by atoms with van der Waals surface area (Å²) in [5.41, 5.74) is 0.811. The maximum atomic E-state index is 11.0. The summed E-state index contributed by atoms with van der Waals surface area (Å²) in [5.74, 6) is 0.180. The zero-order valence-corrected chi connectivity index (χ0v) is 9.68. The van der Waals surface area contributed by atoms with Crippen molar-refractivity contribution < 1.29 is 15.0 Å². The molecule has 4 nitrogen and oxygen atoms in total. The SMILES string of the molecule is CC(=O)c1ccc(C(O)C(O)CCCl)nc1. The standard InChI is InChI=1S/C11H14ClNO3/c1-7(14)8-2-3-9(13-6-8)11(16)10(15)4-5-12/h2-3,6,10-11,15-16H,4-5H2,1H3. The van der Waals surface area contributed by atoms with E-state index in [0.717, 1.165) is 0 Å². The molecule has 1 aromatic heterocycles. The number of aromatic nitrogens is 1. The lowest BCUT2D eigenvalue weighted by Gasteiger charge is -2.16. The molecule has 88 valence electrons. The lowest BCUT2D eigenvalue weighted by molar-refractivity contribution is 0.0144. The van der Waals surface area contributed by atoms with Crippen LogP contribution in [0.4, 0.5) is 0 Å². The number of carbonyl (C=O) groups is 1. The molecule has 5 heteroatoms. The lowest BCUT2D eigenvalue weighted by atomic mass is 10.1. The van der Waals surface area contributed by atoms with Crippen molar-refractivity contribution in [2.45, 2.75) is 25.6 Å². The van der Waals surface area contributed by atoms with Gasteiger partial charge in [0.05, 0.1) is 11.8 Å². The first kappa shape index (κ1) is 13.1. The number of carbonyl (C=O) groups excluding carboxylic acids is 1. The Bertz CT molecular complexity index is 353. The molecule has 16 heavy (non-hydrogen) atoms. The van der Waals surface area contributed by atoms with Gasteiger partial charge in [0, 0.05) is 17.6 Å². The molecule has 2 atom stereocenters. The van der Waals surface area contributed by atoms with Crippen LogP contribution in [0.15, 0.2) is 18.3 Å². The second-order valence-electron chi connectivity index (χ2n) is 3.52. The second kappa shape index (κ2) is 5.94. The Morgan fingerprint density at radius 2 is 2.19 bits per heavy atom. The fourth-order valence-electron chi connectivity index (χ4n) is 1.26. The number of pyridine rings is 1. The number of aliphatic hydroxyl groups is 2. The molecule has 0 aliphatic rings. The molecule has 1 rings (SSSR count). The molecule has 1 aromatic rings. The molecule has 0 fully saturated rings. The molecule has 0 bridgehead atoms. The molecule has 0 saturated carbocycles. The van der Waals surface area contributed by atoms with Gasteiger partial charge in [0.1, 0.15) is 6.10 Å². The van der Waals surface area contributed by atoms with Gasteiger partial charge in [-0.25, -0.2) is 0 Å². The van der Waals surface area contributed by atoms with Crippen molar-refractivity contribution in [1.82, 2.24) is 4.98 Å². The quantitative estimate of drug-likeness (QED) is 0.604. The number of rotatable bonds is 5. The molecule has 0 saturated heterocycles. The van der Waals surface area contributed by atoms with Crippen LogP contribution >= 0.6 is 11.6 Å². The van der Waals surface area contributed by atoms with Gasteiger partial charge in [-0.2, -0.15) is 0 Å². The highest BCUT2D eigenvalue weighted by Gasteiger charge is 2.18. The minimum Gasteiger partial charge on any atom is -0.390 e. The summed E-state index contributed by atoms with van der Waals surface area (Å²) in [4.78, 5) is 14.9. The largest absolute Gasteiger partial charge is 0.390 e. The Morgan fingerprint density at radius 1 is 1.50 bits per heavy atom. The van der Waals surface area contributed by atoms with Crippen molar-refractivity contribution in [3.63, 3.8) is 0 Å². The van der Waals surface area contributed by atoms with Gasteiger partial charge in [0.15, 0.2) is 5.78 Å². The van der Waals surface area contributed by atoms with Crippen molar-refractivity contribution in [3.8, 4) is 0 Å². The van der Waals surface area contributed by atoms with Crippen LogP contribution in [0.2, 0.25) is 0 Å². The Labute approximate surface area is 98.9 Å². The summed E-state index contributed by atoms with van der Waals surface area (Å²) in [5, 5.41) is 19.2. The average molecular weight is 244 g/mol. The number of halogens is 1. The van der Waals surface area contributed by atoms with Gasteiger partial charge in [-0.3, -0.25) is 9.78 Å². The van der Waals surface area contributed by atoms with Crippen LogP contribution in [-0.2, 0) is 0 Å². The number of ketones is 1. The lowest BCUT2D eigenvalue weighted by Crippen LogP contribution is -2.19. The summed E-state index contributed by atoms with van der Waals surface area (Å²) in [6.45, 7) is 1.44. The number of alkyl halides is 1. The van der Waals surface area contributed by atoms with E-state index in [-0.39, 0.29) is 11.7 Å². The smallest absolute Gasteiger partial charge is 0.161 e. The summed E-state index contributed by atoms with van der Waals surface area (Å²) >= 11 is 5.46. The van der Waals surface area contributed by atoms with Gasteiger partial charge in [-0.15, -0.1) is 11.6 Å². The van der Waals surface area contributed by atoms with Gasteiger partial charge in [-0.05, 0) is 25.5 Å². The zero-order chi connectivity index (χ0) is 12.1. The molecule has 0 radical (unpaired) electrons. The highest BCUT2D eigenvalue weighted by atomic mass is 35.5. The third-order valence-corrected chi connectivity index (χ3v) is 2.48. The number of Topliss-reactive ketones (excluding diaryl/α,β-unsaturated/α-hetero) is 1. The van der Waals surface area contributed by atoms with E-state index in [4.69, 9.17) is 11.6 Å². The number of aliphatic hydroxyl groups excluding tert-OH is 2. The number of nitrogens with zero attached hydrogens (tertiary/aromatic N) is 1. The van der Waals surface area contributed by atoms with Crippen molar-refractivity contribution >= 4 is 17.4 Å². The fraction of sp³-hybridized carbons (Fsp3) is 0.455. The molecule has 0 spiro atoms. The van der Waals surface area contributed by atoms with E-state index >= 15 is 0 Å². The van der Waals surface area contributed by atoms with Crippen LogP contribution in [0.1, 0.15) is 35.5 Å². The van der Waals surface area contributed by atoms with Crippen LogP contribution in [-0.4, -0.2) is 33.0 Å². The molecule has 2 unspecified atom stereocenters.